The maximum absolute atomic E-state index is 13.2. The summed E-state index contributed by atoms with van der Waals surface area (Å²) < 4.78 is 13.2. The molecule has 0 spiro atoms. The molecule has 0 aromatic heterocycles. The standard InChI is InChI=1S/C11H12FNO2/c1-3-7(2)13-11(15)10-8(12)5-4-6-9(10)14/h3-7,14H,1H2,2H3,(H,13,15). The quantitative estimate of drug-likeness (QED) is 0.746. The molecular formula is C11H12FNO2. The number of carbonyl (C=O) groups is 1. The molecule has 2 N–H and O–H groups in total. The number of phenolic OH excluding ortho intramolecular Hbond substituents is 1. The molecule has 4 heteroatoms. The van der Waals surface area contributed by atoms with Crippen LogP contribution in [0.25, 0.3) is 0 Å². The Labute approximate surface area is 87.2 Å². The lowest BCUT2D eigenvalue weighted by atomic mass is 10.1. The predicted molar refractivity (Wildman–Crippen MR) is 55.2 cm³/mol. The summed E-state index contributed by atoms with van der Waals surface area (Å²) in [7, 11) is 0. The predicted octanol–water partition coefficient (Wildman–Crippen LogP) is 1.84. The topological polar surface area (TPSA) is 49.3 Å². The van der Waals surface area contributed by atoms with E-state index in [0.29, 0.717) is 0 Å². The van der Waals surface area contributed by atoms with Crippen molar-refractivity contribution in [3.8, 4) is 5.75 Å². The minimum atomic E-state index is -0.747. The zero-order valence-electron chi connectivity index (χ0n) is 8.33. The highest BCUT2D eigenvalue weighted by Gasteiger charge is 2.16. The van der Waals surface area contributed by atoms with Gasteiger partial charge in [-0.3, -0.25) is 4.79 Å². The van der Waals surface area contributed by atoms with E-state index in [4.69, 9.17) is 0 Å². The second-order valence-corrected chi connectivity index (χ2v) is 3.13. The van der Waals surface area contributed by atoms with Crippen molar-refractivity contribution in [3.63, 3.8) is 0 Å². The molecule has 0 fully saturated rings. The van der Waals surface area contributed by atoms with Crippen molar-refractivity contribution < 1.29 is 14.3 Å². The Bertz CT molecular complexity index is 370. The number of aromatic hydroxyl groups is 1. The van der Waals surface area contributed by atoms with Crippen LogP contribution < -0.4 is 5.32 Å². The average molecular weight is 209 g/mol. The average Bonchev–Trinajstić information content (AvgIpc) is 2.17. The third-order valence-electron chi connectivity index (χ3n) is 1.93. The van der Waals surface area contributed by atoms with E-state index >= 15 is 0 Å². The minimum Gasteiger partial charge on any atom is -0.507 e. The van der Waals surface area contributed by atoms with E-state index in [1.165, 1.54) is 18.2 Å². The molecule has 1 rings (SSSR count). The van der Waals surface area contributed by atoms with Gasteiger partial charge in [0.05, 0.1) is 0 Å². The zero-order valence-corrected chi connectivity index (χ0v) is 8.33. The number of amides is 1. The van der Waals surface area contributed by atoms with Crippen LogP contribution in [0, 0.1) is 5.82 Å². The van der Waals surface area contributed by atoms with Crippen molar-refractivity contribution >= 4 is 5.91 Å². The van der Waals surface area contributed by atoms with Gasteiger partial charge in [0.25, 0.3) is 5.91 Å². The van der Waals surface area contributed by atoms with Gasteiger partial charge in [-0.05, 0) is 19.1 Å². The lowest BCUT2D eigenvalue weighted by Crippen LogP contribution is -2.31. The van der Waals surface area contributed by atoms with E-state index < -0.39 is 11.7 Å². The van der Waals surface area contributed by atoms with Gasteiger partial charge in [-0.25, -0.2) is 4.39 Å². The number of carbonyl (C=O) groups excluding carboxylic acids is 1. The summed E-state index contributed by atoms with van der Waals surface area (Å²) in [5.41, 5.74) is -0.341. The van der Waals surface area contributed by atoms with Crippen molar-refractivity contribution in [1.82, 2.24) is 5.32 Å². The number of benzene rings is 1. The number of phenols is 1. The third kappa shape index (κ3) is 2.56. The first-order chi connectivity index (χ1) is 7.06. The highest BCUT2D eigenvalue weighted by atomic mass is 19.1. The van der Waals surface area contributed by atoms with Gasteiger partial charge in [0.1, 0.15) is 17.1 Å². The fraction of sp³-hybridized carbons (Fsp3) is 0.182. The first kappa shape index (κ1) is 11.2. The largest absolute Gasteiger partial charge is 0.507 e. The molecule has 1 amide bonds. The van der Waals surface area contributed by atoms with Crippen molar-refractivity contribution in [3.05, 3.63) is 42.2 Å². The van der Waals surface area contributed by atoms with Gasteiger partial charge in [-0.2, -0.15) is 0 Å². The summed E-state index contributed by atoms with van der Waals surface area (Å²) in [5.74, 6) is -1.77. The molecule has 0 aliphatic heterocycles. The van der Waals surface area contributed by atoms with Crippen LogP contribution in [-0.2, 0) is 0 Å². The summed E-state index contributed by atoms with van der Waals surface area (Å²) in [6.07, 6.45) is 1.51. The molecular weight excluding hydrogens is 197 g/mol. The van der Waals surface area contributed by atoms with Crippen molar-refractivity contribution in [2.75, 3.05) is 0 Å². The number of rotatable bonds is 3. The zero-order chi connectivity index (χ0) is 11.4. The minimum absolute atomic E-state index is 0.281. The molecule has 15 heavy (non-hydrogen) atoms. The number of halogens is 1. The summed E-state index contributed by atoms with van der Waals surface area (Å²) in [5, 5.41) is 11.8. The summed E-state index contributed by atoms with van der Waals surface area (Å²) in [6, 6.07) is 3.43. The second-order valence-electron chi connectivity index (χ2n) is 3.13. The lowest BCUT2D eigenvalue weighted by molar-refractivity contribution is 0.0940. The highest BCUT2D eigenvalue weighted by Crippen LogP contribution is 2.19. The molecule has 80 valence electrons. The molecule has 0 radical (unpaired) electrons. The van der Waals surface area contributed by atoms with Gasteiger partial charge in [-0.15, -0.1) is 6.58 Å². The monoisotopic (exact) mass is 209 g/mol. The first-order valence-electron chi connectivity index (χ1n) is 4.47. The molecule has 0 aliphatic rings. The SMILES string of the molecule is C=CC(C)NC(=O)c1c(O)cccc1F. The summed E-state index contributed by atoms with van der Waals surface area (Å²) in [6.45, 7) is 5.18. The molecule has 0 heterocycles. The fourth-order valence-electron chi connectivity index (χ4n) is 1.08. The van der Waals surface area contributed by atoms with E-state index in [0.717, 1.165) is 6.07 Å². The molecule has 1 aromatic rings. The van der Waals surface area contributed by atoms with Crippen LogP contribution in [0.5, 0.6) is 5.75 Å². The Morgan fingerprint density at radius 2 is 2.33 bits per heavy atom. The van der Waals surface area contributed by atoms with E-state index in [2.05, 4.69) is 11.9 Å². The summed E-state index contributed by atoms with van der Waals surface area (Å²) >= 11 is 0. The summed E-state index contributed by atoms with van der Waals surface area (Å²) in [4.78, 5) is 11.5. The molecule has 3 nitrogen and oxygen atoms in total. The van der Waals surface area contributed by atoms with Crippen molar-refractivity contribution in [2.45, 2.75) is 13.0 Å². The maximum atomic E-state index is 13.2. The molecule has 0 aliphatic carbocycles. The van der Waals surface area contributed by atoms with Crippen LogP contribution in [-0.4, -0.2) is 17.1 Å². The van der Waals surface area contributed by atoms with Gasteiger partial charge in [-0.1, -0.05) is 12.1 Å². The van der Waals surface area contributed by atoms with Crippen LogP contribution in [0.2, 0.25) is 0 Å². The third-order valence-corrected chi connectivity index (χ3v) is 1.93. The van der Waals surface area contributed by atoms with E-state index in [1.54, 1.807) is 6.92 Å². The Hall–Kier alpha value is -1.84. The van der Waals surface area contributed by atoms with Crippen LogP contribution in [0.3, 0.4) is 0 Å². The first-order valence-corrected chi connectivity index (χ1v) is 4.47. The van der Waals surface area contributed by atoms with E-state index in [1.807, 2.05) is 0 Å². The molecule has 1 unspecified atom stereocenters. The Morgan fingerprint density at radius 3 is 2.87 bits per heavy atom. The molecule has 1 aromatic carbocycles. The normalized spacial score (nSPS) is 11.9. The number of nitrogens with one attached hydrogen (secondary N) is 1. The van der Waals surface area contributed by atoms with Crippen LogP contribution >= 0.6 is 0 Å². The Kier molecular flexibility index (Phi) is 3.44. The molecule has 0 bridgehead atoms. The molecule has 0 saturated carbocycles. The van der Waals surface area contributed by atoms with Crippen molar-refractivity contribution in [2.24, 2.45) is 0 Å². The highest BCUT2D eigenvalue weighted by molar-refractivity contribution is 5.97. The Morgan fingerprint density at radius 1 is 1.67 bits per heavy atom. The van der Waals surface area contributed by atoms with Gasteiger partial charge >= 0.3 is 0 Å². The lowest BCUT2D eigenvalue weighted by Gasteiger charge is -2.10. The molecule has 1 atom stereocenters. The fourth-order valence-corrected chi connectivity index (χ4v) is 1.08. The van der Waals surface area contributed by atoms with E-state index in [9.17, 15) is 14.3 Å². The van der Waals surface area contributed by atoms with Crippen LogP contribution in [0.15, 0.2) is 30.9 Å². The Balaban J connectivity index is 2.96. The van der Waals surface area contributed by atoms with Gasteiger partial charge in [0.15, 0.2) is 0 Å². The smallest absolute Gasteiger partial charge is 0.258 e. The van der Waals surface area contributed by atoms with Crippen LogP contribution in [0.4, 0.5) is 4.39 Å². The van der Waals surface area contributed by atoms with Gasteiger partial charge < -0.3 is 10.4 Å². The van der Waals surface area contributed by atoms with Gasteiger partial charge in [0, 0.05) is 6.04 Å². The van der Waals surface area contributed by atoms with Crippen LogP contribution in [0.1, 0.15) is 17.3 Å². The number of hydrogen-bond acceptors (Lipinski definition) is 2. The second kappa shape index (κ2) is 4.59. The van der Waals surface area contributed by atoms with E-state index in [-0.39, 0.29) is 17.4 Å². The maximum Gasteiger partial charge on any atom is 0.258 e. The molecule has 0 saturated heterocycles. The van der Waals surface area contributed by atoms with Crippen molar-refractivity contribution in [1.29, 1.82) is 0 Å². The van der Waals surface area contributed by atoms with Gasteiger partial charge in [0.2, 0.25) is 0 Å². The number of hydrogen-bond donors (Lipinski definition) is 2.